The maximum Gasteiger partial charge on any atom is 0.337 e. The highest BCUT2D eigenvalue weighted by atomic mass is 35.5. The van der Waals surface area contributed by atoms with E-state index >= 15 is 0 Å². The number of ether oxygens (including phenoxy) is 1. The fourth-order valence-electron chi connectivity index (χ4n) is 1.20. The van der Waals surface area contributed by atoms with Crippen molar-refractivity contribution >= 4 is 23.4 Å². The van der Waals surface area contributed by atoms with Gasteiger partial charge in [-0.3, -0.25) is 0 Å². The van der Waals surface area contributed by atoms with Gasteiger partial charge in [0.05, 0.1) is 29.8 Å². The minimum Gasteiger partial charge on any atom is -0.478 e. The van der Waals surface area contributed by atoms with E-state index in [-0.39, 0.29) is 29.8 Å². The Morgan fingerprint density at radius 3 is 2.88 bits per heavy atom. The summed E-state index contributed by atoms with van der Waals surface area (Å²) in [7, 11) is 1.51. The highest BCUT2D eigenvalue weighted by molar-refractivity contribution is 6.33. The average molecular weight is 261 g/mol. The lowest BCUT2D eigenvalue weighted by atomic mass is 10.2. The van der Waals surface area contributed by atoms with Gasteiger partial charge in [0.1, 0.15) is 5.82 Å². The van der Waals surface area contributed by atoms with E-state index < -0.39 is 5.97 Å². The Morgan fingerprint density at radius 2 is 2.41 bits per heavy atom. The molecular formula is C10H13ClN2O4. The predicted molar refractivity (Wildman–Crippen MR) is 62.6 cm³/mol. The molecule has 1 aromatic rings. The fraction of sp³-hybridized carbons (Fsp3) is 0.400. The molecule has 0 spiro atoms. The number of methoxy groups -OCH3 is 1. The largest absolute Gasteiger partial charge is 0.478 e. The molecule has 1 aromatic heterocycles. The first-order chi connectivity index (χ1) is 8.08. The number of nitrogens with one attached hydrogen (secondary N) is 1. The first-order valence-electron chi connectivity index (χ1n) is 4.83. The lowest BCUT2D eigenvalue weighted by Crippen LogP contribution is -2.29. The highest BCUT2D eigenvalue weighted by Gasteiger charge is 2.12. The fourth-order valence-corrected chi connectivity index (χ4v) is 1.42. The zero-order valence-corrected chi connectivity index (χ0v) is 9.94. The van der Waals surface area contributed by atoms with Gasteiger partial charge in [0.25, 0.3) is 0 Å². The van der Waals surface area contributed by atoms with Crippen LogP contribution < -0.4 is 5.32 Å². The van der Waals surface area contributed by atoms with Crippen LogP contribution in [0.1, 0.15) is 10.4 Å². The number of hydrogen-bond acceptors (Lipinski definition) is 5. The third-order valence-corrected chi connectivity index (χ3v) is 2.31. The van der Waals surface area contributed by atoms with Crippen molar-refractivity contribution in [3.05, 3.63) is 22.8 Å². The van der Waals surface area contributed by atoms with Crippen molar-refractivity contribution in [1.29, 1.82) is 0 Å². The maximum absolute atomic E-state index is 10.7. The molecule has 1 atom stereocenters. The van der Waals surface area contributed by atoms with Crippen molar-refractivity contribution in [2.75, 3.05) is 25.6 Å². The number of aromatic carboxylic acids is 1. The predicted octanol–water partition coefficient (Wildman–Crippen LogP) is 0.852. The molecule has 0 aromatic carbocycles. The number of anilines is 1. The minimum absolute atomic E-state index is 0.00726. The van der Waals surface area contributed by atoms with Crippen molar-refractivity contribution in [3.63, 3.8) is 0 Å². The van der Waals surface area contributed by atoms with Gasteiger partial charge in [-0.25, -0.2) is 9.78 Å². The number of carbonyl (C=O) groups is 1. The summed E-state index contributed by atoms with van der Waals surface area (Å²) < 4.78 is 4.88. The SMILES string of the molecule is COCC(CO)Nc1ncc(C(=O)O)cc1Cl. The van der Waals surface area contributed by atoms with E-state index in [4.69, 9.17) is 26.6 Å². The van der Waals surface area contributed by atoms with Gasteiger partial charge in [0.15, 0.2) is 0 Å². The van der Waals surface area contributed by atoms with Crippen molar-refractivity contribution in [2.45, 2.75) is 6.04 Å². The number of carboxylic acids is 1. The number of halogens is 1. The molecule has 7 heteroatoms. The van der Waals surface area contributed by atoms with E-state index in [9.17, 15) is 4.79 Å². The molecule has 1 unspecified atom stereocenters. The Kier molecular flexibility index (Phi) is 5.14. The molecule has 0 saturated heterocycles. The Balaban J connectivity index is 2.81. The summed E-state index contributed by atoms with van der Waals surface area (Å²) in [4.78, 5) is 14.5. The normalized spacial score (nSPS) is 12.2. The molecule has 17 heavy (non-hydrogen) atoms. The third-order valence-electron chi connectivity index (χ3n) is 2.02. The number of hydrogen-bond donors (Lipinski definition) is 3. The van der Waals surface area contributed by atoms with Crippen molar-refractivity contribution < 1.29 is 19.7 Å². The molecule has 0 amide bonds. The summed E-state index contributed by atoms with van der Waals surface area (Å²) in [5.41, 5.74) is 0.00726. The summed E-state index contributed by atoms with van der Waals surface area (Å²) in [5.74, 6) is -0.783. The summed E-state index contributed by atoms with van der Waals surface area (Å²) in [6.07, 6.45) is 1.19. The second-order valence-corrected chi connectivity index (χ2v) is 3.75. The third kappa shape index (κ3) is 3.85. The number of rotatable bonds is 6. The average Bonchev–Trinajstić information content (AvgIpc) is 2.30. The van der Waals surface area contributed by atoms with Gasteiger partial charge in [-0.2, -0.15) is 0 Å². The molecule has 0 aliphatic rings. The Labute approximate surface area is 103 Å². The number of aromatic nitrogens is 1. The molecule has 3 N–H and O–H groups in total. The maximum atomic E-state index is 10.7. The number of aliphatic hydroxyl groups is 1. The number of nitrogens with zero attached hydrogens (tertiary/aromatic N) is 1. The van der Waals surface area contributed by atoms with Crippen molar-refractivity contribution in [3.8, 4) is 0 Å². The van der Waals surface area contributed by atoms with E-state index in [1.165, 1.54) is 19.4 Å². The molecule has 6 nitrogen and oxygen atoms in total. The van der Waals surface area contributed by atoms with Crippen molar-refractivity contribution in [2.24, 2.45) is 0 Å². The summed E-state index contributed by atoms with van der Waals surface area (Å²) >= 11 is 5.86. The van der Waals surface area contributed by atoms with Gasteiger partial charge in [0.2, 0.25) is 0 Å². The lowest BCUT2D eigenvalue weighted by Gasteiger charge is -2.16. The number of pyridine rings is 1. The van der Waals surface area contributed by atoms with Crippen LogP contribution in [0.25, 0.3) is 0 Å². The van der Waals surface area contributed by atoms with Gasteiger partial charge >= 0.3 is 5.97 Å². The van der Waals surface area contributed by atoms with E-state index in [1.54, 1.807) is 0 Å². The van der Waals surface area contributed by atoms with Crippen LogP contribution in [0.15, 0.2) is 12.3 Å². The summed E-state index contributed by atoms with van der Waals surface area (Å²) in [6.45, 7) is 0.141. The monoisotopic (exact) mass is 260 g/mol. The molecular weight excluding hydrogens is 248 g/mol. The first kappa shape index (κ1) is 13.7. The molecule has 0 fully saturated rings. The summed E-state index contributed by atoms with van der Waals surface area (Å²) in [6, 6.07) is 0.946. The highest BCUT2D eigenvalue weighted by Crippen LogP contribution is 2.20. The Hall–Kier alpha value is -1.37. The van der Waals surface area contributed by atoms with Crippen LogP contribution >= 0.6 is 11.6 Å². The van der Waals surface area contributed by atoms with E-state index in [1.807, 2.05) is 0 Å². The smallest absolute Gasteiger partial charge is 0.337 e. The standard InChI is InChI=1S/C10H13ClN2O4/c1-17-5-7(4-14)13-9-8(11)2-6(3-12-9)10(15)16/h2-3,7,14H,4-5H2,1H3,(H,12,13)(H,15,16). The van der Waals surface area contributed by atoms with Gasteiger partial charge < -0.3 is 20.3 Å². The molecule has 1 heterocycles. The van der Waals surface area contributed by atoms with Gasteiger partial charge in [-0.15, -0.1) is 0 Å². The summed E-state index contributed by atoms with van der Waals surface area (Å²) in [5, 5.41) is 20.8. The first-order valence-corrected chi connectivity index (χ1v) is 5.21. The quantitative estimate of drug-likeness (QED) is 0.702. The topological polar surface area (TPSA) is 91.7 Å². The Morgan fingerprint density at radius 1 is 1.71 bits per heavy atom. The van der Waals surface area contributed by atoms with Crippen LogP contribution in [0.5, 0.6) is 0 Å². The van der Waals surface area contributed by atoms with Gasteiger partial charge in [-0.05, 0) is 6.07 Å². The van der Waals surface area contributed by atoms with Crippen LogP contribution in [-0.4, -0.2) is 47.5 Å². The molecule has 0 radical (unpaired) electrons. The number of aliphatic hydroxyl groups excluding tert-OH is 1. The minimum atomic E-state index is -1.10. The molecule has 0 aliphatic heterocycles. The van der Waals surface area contributed by atoms with Crippen LogP contribution in [-0.2, 0) is 4.74 Å². The van der Waals surface area contributed by atoms with Crippen molar-refractivity contribution in [1.82, 2.24) is 4.98 Å². The van der Waals surface area contributed by atoms with Crippen LogP contribution in [0.2, 0.25) is 5.02 Å². The van der Waals surface area contributed by atoms with E-state index in [0.717, 1.165) is 0 Å². The van der Waals surface area contributed by atoms with E-state index in [2.05, 4.69) is 10.3 Å². The van der Waals surface area contributed by atoms with Crippen LogP contribution in [0.4, 0.5) is 5.82 Å². The molecule has 0 saturated carbocycles. The van der Waals surface area contributed by atoms with Crippen LogP contribution in [0.3, 0.4) is 0 Å². The van der Waals surface area contributed by atoms with E-state index in [0.29, 0.717) is 5.82 Å². The van der Waals surface area contributed by atoms with Gasteiger partial charge in [0, 0.05) is 13.3 Å². The Bertz CT molecular complexity index is 400. The zero-order chi connectivity index (χ0) is 12.8. The molecule has 1 rings (SSSR count). The second kappa shape index (κ2) is 6.39. The second-order valence-electron chi connectivity index (χ2n) is 3.34. The number of carboxylic acid groups (broad SMARTS) is 1. The molecule has 0 aliphatic carbocycles. The molecule has 94 valence electrons. The zero-order valence-electron chi connectivity index (χ0n) is 9.18. The molecule has 0 bridgehead atoms. The van der Waals surface area contributed by atoms with Crippen LogP contribution in [0, 0.1) is 0 Å². The lowest BCUT2D eigenvalue weighted by molar-refractivity contribution is 0.0696. The van der Waals surface area contributed by atoms with Gasteiger partial charge in [-0.1, -0.05) is 11.6 Å².